The monoisotopic (exact) mass is 587 g/mol. The fourth-order valence-electron chi connectivity index (χ4n) is 6.92. The van der Waals surface area contributed by atoms with Gasteiger partial charge in [0, 0.05) is 27.8 Å². The molecule has 0 radical (unpaired) electrons. The summed E-state index contributed by atoms with van der Waals surface area (Å²) in [6, 6.07) is 62.8. The molecule has 0 saturated carbocycles. The minimum Gasteiger partial charge on any atom is -0.456 e. The van der Waals surface area contributed by atoms with E-state index < -0.39 is 0 Å². The van der Waals surface area contributed by atoms with Crippen LogP contribution in [-0.2, 0) is 0 Å². The van der Waals surface area contributed by atoms with Gasteiger partial charge in [0.25, 0.3) is 0 Å². The van der Waals surface area contributed by atoms with Crippen LogP contribution in [0.15, 0.2) is 180 Å². The van der Waals surface area contributed by atoms with Crippen molar-refractivity contribution in [1.29, 1.82) is 0 Å². The summed E-state index contributed by atoms with van der Waals surface area (Å²) in [6.07, 6.45) is 0. The molecule has 0 N–H and O–H groups in total. The average Bonchev–Trinajstić information content (AvgIpc) is 3.50. The first-order valence-corrected chi connectivity index (χ1v) is 15.7. The van der Waals surface area contributed by atoms with Crippen LogP contribution in [0.2, 0.25) is 0 Å². The van der Waals surface area contributed by atoms with E-state index in [4.69, 9.17) is 4.42 Å². The molecular weight excluding hydrogens is 558 g/mol. The maximum Gasteiger partial charge on any atom is 0.135 e. The zero-order valence-corrected chi connectivity index (χ0v) is 25.1. The Labute approximate surface area is 267 Å². The predicted octanol–water partition coefficient (Wildman–Crippen LogP) is 12.7. The Morgan fingerprint density at radius 2 is 0.957 bits per heavy atom. The van der Waals surface area contributed by atoms with Crippen LogP contribution in [0.4, 0.5) is 17.1 Å². The first-order valence-electron chi connectivity index (χ1n) is 15.7. The third-order valence-electron chi connectivity index (χ3n) is 9.04. The molecule has 0 amide bonds. The number of nitrogens with zero attached hydrogens (tertiary/aromatic N) is 1. The number of furan rings is 1. The predicted molar refractivity (Wildman–Crippen MR) is 194 cm³/mol. The maximum absolute atomic E-state index is 6.15. The van der Waals surface area contributed by atoms with Gasteiger partial charge in [0.05, 0.1) is 0 Å². The SMILES string of the molecule is c1ccc(-c2cc3ccccc3c3cccc(-c4ccc(N(c5ccccc5)c5ccc6oc7ccccc7c6c5)cc4)c23)cc1. The van der Waals surface area contributed by atoms with Gasteiger partial charge in [-0.1, -0.05) is 121 Å². The molecule has 0 bridgehead atoms. The second-order valence-corrected chi connectivity index (χ2v) is 11.7. The van der Waals surface area contributed by atoms with E-state index in [0.717, 1.165) is 39.0 Å². The van der Waals surface area contributed by atoms with Crippen LogP contribution in [0.25, 0.3) is 65.7 Å². The maximum atomic E-state index is 6.15. The third-order valence-corrected chi connectivity index (χ3v) is 9.04. The van der Waals surface area contributed by atoms with Crippen molar-refractivity contribution in [2.45, 2.75) is 0 Å². The first-order chi connectivity index (χ1) is 22.8. The standard InChI is InChI=1S/C44H29NO/c1-3-12-30(13-4-1)40-28-32-14-7-8-17-36(32)39-20-11-19-37(44(39)40)31-22-24-34(25-23-31)45(33-15-5-2-6-16-33)35-26-27-43-41(29-35)38-18-9-10-21-42(38)46-43/h1-29H. The molecule has 216 valence electrons. The zero-order valence-electron chi connectivity index (χ0n) is 25.1. The first kappa shape index (κ1) is 26.3. The Kier molecular flexibility index (Phi) is 6.17. The van der Waals surface area contributed by atoms with Gasteiger partial charge in [-0.25, -0.2) is 0 Å². The molecule has 0 aliphatic heterocycles. The second-order valence-electron chi connectivity index (χ2n) is 11.7. The Balaban J connectivity index is 1.21. The number of rotatable bonds is 5. The van der Waals surface area contributed by atoms with Gasteiger partial charge in [-0.05, 0) is 98.4 Å². The van der Waals surface area contributed by atoms with Crippen LogP contribution >= 0.6 is 0 Å². The number of para-hydroxylation sites is 2. The van der Waals surface area contributed by atoms with Crippen LogP contribution in [0.1, 0.15) is 0 Å². The van der Waals surface area contributed by atoms with E-state index in [0.29, 0.717) is 0 Å². The van der Waals surface area contributed by atoms with Crippen molar-refractivity contribution in [3.63, 3.8) is 0 Å². The van der Waals surface area contributed by atoms with Crippen molar-refractivity contribution in [3.8, 4) is 22.3 Å². The highest BCUT2D eigenvalue weighted by Gasteiger charge is 2.17. The van der Waals surface area contributed by atoms with E-state index in [1.54, 1.807) is 0 Å². The van der Waals surface area contributed by atoms with Gasteiger partial charge in [-0.15, -0.1) is 0 Å². The number of fused-ring (bicyclic) bond motifs is 6. The molecule has 0 spiro atoms. The lowest BCUT2D eigenvalue weighted by atomic mass is 9.88. The van der Waals surface area contributed by atoms with Gasteiger partial charge in [0.1, 0.15) is 11.2 Å². The summed E-state index contributed by atoms with van der Waals surface area (Å²) >= 11 is 0. The molecule has 8 aromatic carbocycles. The highest BCUT2D eigenvalue weighted by atomic mass is 16.3. The largest absolute Gasteiger partial charge is 0.456 e. The average molecular weight is 588 g/mol. The van der Waals surface area contributed by atoms with Gasteiger partial charge >= 0.3 is 0 Å². The molecule has 46 heavy (non-hydrogen) atoms. The molecule has 1 aromatic heterocycles. The van der Waals surface area contributed by atoms with Gasteiger partial charge in [0.2, 0.25) is 0 Å². The smallest absolute Gasteiger partial charge is 0.135 e. The molecule has 2 nitrogen and oxygen atoms in total. The fourth-order valence-corrected chi connectivity index (χ4v) is 6.92. The minimum absolute atomic E-state index is 0.894. The van der Waals surface area contributed by atoms with Crippen LogP contribution in [0.5, 0.6) is 0 Å². The Bertz CT molecular complexity index is 2510. The molecule has 0 aliphatic carbocycles. The summed E-state index contributed by atoms with van der Waals surface area (Å²) < 4.78 is 6.15. The van der Waals surface area contributed by atoms with Crippen LogP contribution < -0.4 is 4.90 Å². The van der Waals surface area contributed by atoms with E-state index in [1.165, 1.54) is 43.8 Å². The topological polar surface area (TPSA) is 16.4 Å². The van der Waals surface area contributed by atoms with Gasteiger partial charge in [0.15, 0.2) is 0 Å². The minimum atomic E-state index is 0.894. The summed E-state index contributed by atoms with van der Waals surface area (Å²) in [5.41, 5.74) is 9.97. The number of benzene rings is 8. The van der Waals surface area contributed by atoms with Crippen LogP contribution in [0, 0.1) is 0 Å². The van der Waals surface area contributed by atoms with Crippen molar-refractivity contribution in [2.75, 3.05) is 4.90 Å². The van der Waals surface area contributed by atoms with E-state index in [2.05, 4.69) is 169 Å². The van der Waals surface area contributed by atoms with Crippen molar-refractivity contribution >= 4 is 60.5 Å². The molecule has 0 atom stereocenters. The summed E-state index contributed by atoms with van der Waals surface area (Å²) in [4.78, 5) is 2.32. The van der Waals surface area contributed by atoms with Crippen molar-refractivity contribution in [2.24, 2.45) is 0 Å². The fraction of sp³-hybridized carbons (Fsp3) is 0. The van der Waals surface area contributed by atoms with Gasteiger partial charge in [-0.2, -0.15) is 0 Å². The summed E-state index contributed by atoms with van der Waals surface area (Å²) in [6.45, 7) is 0. The molecule has 0 unspecified atom stereocenters. The molecule has 0 aliphatic rings. The van der Waals surface area contributed by atoms with E-state index in [9.17, 15) is 0 Å². The lowest BCUT2D eigenvalue weighted by molar-refractivity contribution is 0.669. The molecule has 1 heterocycles. The van der Waals surface area contributed by atoms with Crippen LogP contribution in [-0.4, -0.2) is 0 Å². The number of anilines is 3. The van der Waals surface area contributed by atoms with Crippen molar-refractivity contribution in [3.05, 3.63) is 176 Å². The van der Waals surface area contributed by atoms with Crippen molar-refractivity contribution < 1.29 is 4.42 Å². The van der Waals surface area contributed by atoms with E-state index in [1.807, 2.05) is 12.1 Å². The molecule has 9 aromatic rings. The lowest BCUT2D eigenvalue weighted by Crippen LogP contribution is -2.09. The zero-order chi connectivity index (χ0) is 30.5. The Morgan fingerprint density at radius 1 is 0.348 bits per heavy atom. The van der Waals surface area contributed by atoms with Gasteiger partial charge in [-0.3, -0.25) is 0 Å². The Hall–Kier alpha value is -6.12. The highest BCUT2D eigenvalue weighted by Crippen LogP contribution is 2.43. The molecule has 9 rings (SSSR count). The quantitative estimate of drug-likeness (QED) is 0.186. The second kappa shape index (κ2) is 10.8. The number of hydrogen-bond donors (Lipinski definition) is 0. The normalized spacial score (nSPS) is 11.5. The van der Waals surface area contributed by atoms with Gasteiger partial charge < -0.3 is 9.32 Å². The molecule has 0 saturated heterocycles. The third kappa shape index (κ3) is 4.35. The summed E-state index contributed by atoms with van der Waals surface area (Å²) in [5, 5.41) is 7.31. The summed E-state index contributed by atoms with van der Waals surface area (Å²) in [5.74, 6) is 0. The van der Waals surface area contributed by atoms with E-state index in [-0.39, 0.29) is 0 Å². The van der Waals surface area contributed by atoms with Crippen molar-refractivity contribution in [1.82, 2.24) is 0 Å². The van der Waals surface area contributed by atoms with Crippen LogP contribution in [0.3, 0.4) is 0 Å². The highest BCUT2D eigenvalue weighted by molar-refractivity contribution is 6.18. The molecule has 0 fully saturated rings. The Morgan fingerprint density at radius 3 is 1.78 bits per heavy atom. The lowest BCUT2D eigenvalue weighted by Gasteiger charge is -2.26. The molecular formula is C44H29NO. The number of hydrogen-bond acceptors (Lipinski definition) is 2. The molecule has 2 heteroatoms. The van der Waals surface area contributed by atoms with E-state index >= 15 is 0 Å². The summed E-state index contributed by atoms with van der Waals surface area (Å²) in [7, 11) is 0.